The van der Waals surface area contributed by atoms with Crippen molar-refractivity contribution in [3.8, 4) is 5.75 Å². The second kappa shape index (κ2) is 4.11. The van der Waals surface area contributed by atoms with Crippen LogP contribution in [0.4, 0.5) is 11.4 Å². The van der Waals surface area contributed by atoms with Gasteiger partial charge >= 0.3 is 0 Å². The Hall–Kier alpha value is -1.42. The molecule has 1 N–H and O–H groups in total. The predicted molar refractivity (Wildman–Crippen MR) is 68.0 cm³/mol. The van der Waals surface area contributed by atoms with Gasteiger partial charge in [-0.25, -0.2) is 0 Å². The lowest BCUT2D eigenvalue weighted by Gasteiger charge is -2.34. The first-order valence-electron chi connectivity index (χ1n) is 6.03. The number of methoxy groups -OCH3 is 2. The van der Waals surface area contributed by atoms with Crippen LogP contribution < -0.4 is 15.0 Å². The van der Waals surface area contributed by atoms with Gasteiger partial charge in [0.1, 0.15) is 5.75 Å². The van der Waals surface area contributed by atoms with Crippen molar-refractivity contribution in [2.45, 2.75) is 18.6 Å². The van der Waals surface area contributed by atoms with Crippen molar-refractivity contribution in [1.82, 2.24) is 0 Å². The van der Waals surface area contributed by atoms with Crippen LogP contribution in [-0.4, -0.2) is 39.5 Å². The molecule has 3 rings (SSSR count). The molecule has 0 aromatic heterocycles. The molecule has 0 amide bonds. The average Bonchev–Trinajstić information content (AvgIpc) is 2.81. The van der Waals surface area contributed by atoms with E-state index in [0.29, 0.717) is 12.1 Å². The number of nitrogens with zero attached hydrogens (tertiary/aromatic N) is 1. The van der Waals surface area contributed by atoms with Gasteiger partial charge in [0.05, 0.1) is 24.6 Å². The number of ether oxygens (including phenoxy) is 2. The van der Waals surface area contributed by atoms with Gasteiger partial charge in [0.15, 0.2) is 0 Å². The maximum Gasteiger partial charge on any atom is 0.121 e. The zero-order valence-electron chi connectivity index (χ0n) is 10.3. The van der Waals surface area contributed by atoms with Gasteiger partial charge in [-0.05, 0) is 18.6 Å². The summed E-state index contributed by atoms with van der Waals surface area (Å²) in [5, 5.41) is 3.48. The van der Waals surface area contributed by atoms with E-state index in [1.54, 1.807) is 14.2 Å². The molecule has 0 aliphatic carbocycles. The number of fused-ring (bicyclic) bond motifs is 3. The zero-order valence-corrected chi connectivity index (χ0v) is 10.3. The van der Waals surface area contributed by atoms with Crippen LogP contribution in [0.2, 0.25) is 0 Å². The molecule has 1 aromatic carbocycles. The summed E-state index contributed by atoms with van der Waals surface area (Å²) in [5.74, 6) is 0.909. The topological polar surface area (TPSA) is 33.7 Å². The van der Waals surface area contributed by atoms with E-state index < -0.39 is 0 Å². The normalized spacial score (nSPS) is 26.1. The van der Waals surface area contributed by atoms with Crippen LogP contribution in [-0.2, 0) is 4.74 Å². The van der Waals surface area contributed by atoms with Gasteiger partial charge in [-0.2, -0.15) is 0 Å². The van der Waals surface area contributed by atoms with E-state index in [0.717, 1.165) is 25.3 Å². The Bertz CT molecular complexity index is 422. The minimum absolute atomic E-state index is 0.346. The fourth-order valence-corrected chi connectivity index (χ4v) is 2.79. The summed E-state index contributed by atoms with van der Waals surface area (Å²) in [6.45, 7) is 1.97. The van der Waals surface area contributed by atoms with Crippen molar-refractivity contribution in [1.29, 1.82) is 0 Å². The van der Waals surface area contributed by atoms with E-state index >= 15 is 0 Å². The third-order valence-corrected chi connectivity index (χ3v) is 3.75. The van der Waals surface area contributed by atoms with E-state index in [4.69, 9.17) is 9.47 Å². The number of hydrogen-bond acceptors (Lipinski definition) is 4. The largest absolute Gasteiger partial charge is 0.497 e. The van der Waals surface area contributed by atoms with Gasteiger partial charge in [-0.3, -0.25) is 0 Å². The molecule has 2 unspecified atom stereocenters. The van der Waals surface area contributed by atoms with Crippen LogP contribution >= 0.6 is 0 Å². The number of anilines is 2. The quantitative estimate of drug-likeness (QED) is 0.844. The van der Waals surface area contributed by atoms with E-state index in [1.165, 1.54) is 11.4 Å². The summed E-state index contributed by atoms with van der Waals surface area (Å²) in [6.07, 6.45) is 1.44. The molecule has 92 valence electrons. The molecular weight excluding hydrogens is 216 g/mol. The van der Waals surface area contributed by atoms with Gasteiger partial charge in [0.2, 0.25) is 0 Å². The molecule has 0 radical (unpaired) electrons. The van der Waals surface area contributed by atoms with Crippen molar-refractivity contribution in [3.05, 3.63) is 18.2 Å². The molecule has 17 heavy (non-hydrogen) atoms. The molecule has 2 aliphatic heterocycles. The van der Waals surface area contributed by atoms with E-state index in [9.17, 15) is 0 Å². The molecule has 4 heteroatoms. The Morgan fingerprint density at radius 2 is 2.24 bits per heavy atom. The Labute approximate surface area is 102 Å². The number of hydrogen-bond donors (Lipinski definition) is 1. The van der Waals surface area contributed by atoms with Crippen molar-refractivity contribution < 1.29 is 9.47 Å². The number of rotatable bonds is 2. The summed E-state index contributed by atoms with van der Waals surface area (Å²) in [5.41, 5.74) is 2.43. The molecular formula is C13H18N2O2. The van der Waals surface area contributed by atoms with Gasteiger partial charge in [0, 0.05) is 32.3 Å². The maximum absolute atomic E-state index is 5.47. The number of nitrogens with one attached hydrogen (secondary N) is 1. The van der Waals surface area contributed by atoms with Gasteiger partial charge in [0.25, 0.3) is 0 Å². The molecule has 1 fully saturated rings. The van der Waals surface area contributed by atoms with Crippen molar-refractivity contribution in [3.63, 3.8) is 0 Å². The first-order valence-corrected chi connectivity index (χ1v) is 6.03. The minimum Gasteiger partial charge on any atom is -0.497 e. The highest BCUT2D eigenvalue weighted by molar-refractivity contribution is 5.75. The van der Waals surface area contributed by atoms with Crippen LogP contribution in [0.5, 0.6) is 5.75 Å². The molecule has 2 heterocycles. The molecule has 4 nitrogen and oxygen atoms in total. The standard InChI is InChI=1S/C13H18N2O2/c1-16-10-3-4-12-13(6-10)15-8-11(17-2)5-9(15)7-14-12/h3-4,6,9,11,14H,5,7-8H2,1-2H3. The second-order valence-electron chi connectivity index (χ2n) is 4.66. The highest BCUT2D eigenvalue weighted by Crippen LogP contribution is 2.38. The molecule has 2 aliphatic rings. The fraction of sp³-hybridized carbons (Fsp3) is 0.538. The molecule has 2 atom stereocenters. The summed E-state index contributed by atoms with van der Waals surface area (Å²) in [7, 11) is 3.50. The summed E-state index contributed by atoms with van der Waals surface area (Å²) >= 11 is 0. The second-order valence-corrected chi connectivity index (χ2v) is 4.66. The Balaban J connectivity index is 1.94. The Morgan fingerprint density at radius 3 is 3.00 bits per heavy atom. The van der Waals surface area contributed by atoms with E-state index in [1.807, 2.05) is 6.07 Å². The van der Waals surface area contributed by atoms with Crippen LogP contribution in [0.3, 0.4) is 0 Å². The van der Waals surface area contributed by atoms with E-state index in [2.05, 4.69) is 22.3 Å². The minimum atomic E-state index is 0.346. The van der Waals surface area contributed by atoms with Gasteiger partial charge < -0.3 is 19.7 Å². The van der Waals surface area contributed by atoms with Crippen LogP contribution in [0.25, 0.3) is 0 Å². The highest BCUT2D eigenvalue weighted by Gasteiger charge is 2.35. The number of benzene rings is 1. The smallest absolute Gasteiger partial charge is 0.121 e. The lowest BCUT2D eigenvalue weighted by atomic mass is 10.1. The Morgan fingerprint density at radius 1 is 1.35 bits per heavy atom. The predicted octanol–water partition coefficient (Wildman–Crippen LogP) is 1.71. The Kier molecular flexibility index (Phi) is 2.59. The van der Waals surface area contributed by atoms with Gasteiger partial charge in [-0.15, -0.1) is 0 Å². The fourth-order valence-electron chi connectivity index (χ4n) is 2.79. The van der Waals surface area contributed by atoms with Crippen LogP contribution in [0.1, 0.15) is 6.42 Å². The molecule has 0 spiro atoms. The molecule has 1 saturated heterocycles. The summed E-state index contributed by atoms with van der Waals surface area (Å²) in [6, 6.07) is 6.73. The third kappa shape index (κ3) is 1.72. The van der Waals surface area contributed by atoms with Crippen LogP contribution in [0.15, 0.2) is 18.2 Å². The van der Waals surface area contributed by atoms with E-state index in [-0.39, 0.29) is 0 Å². The van der Waals surface area contributed by atoms with Crippen molar-refractivity contribution >= 4 is 11.4 Å². The van der Waals surface area contributed by atoms with Gasteiger partial charge in [-0.1, -0.05) is 0 Å². The summed E-state index contributed by atoms with van der Waals surface area (Å²) in [4.78, 5) is 2.43. The molecule has 0 bridgehead atoms. The molecule has 1 aromatic rings. The SMILES string of the molecule is COc1ccc2c(c1)N1CC(OC)CC1CN2. The molecule has 0 saturated carbocycles. The van der Waals surface area contributed by atoms with Crippen molar-refractivity contribution in [2.75, 3.05) is 37.5 Å². The zero-order chi connectivity index (χ0) is 11.8. The lowest BCUT2D eigenvalue weighted by Crippen LogP contribution is -2.39. The van der Waals surface area contributed by atoms with Crippen LogP contribution in [0, 0.1) is 0 Å². The summed E-state index contributed by atoms with van der Waals surface area (Å²) < 4.78 is 10.8. The first-order chi connectivity index (χ1) is 8.31. The van der Waals surface area contributed by atoms with Crippen molar-refractivity contribution in [2.24, 2.45) is 0 Å². The average molecular weight is 234 g/mol. The monoisotopic (exact) mass is 234 g/mol. The third-order valence-electron chi connectivity index (χ3n) is 3.75. The first kappa shape index (κ1) is 10.7. The highest BCUT2D eigenvalue weighted by atomic mass is 16.5. The maximum atomic E-state index is 5.47. The lowest BCUT2D eigenvalue weighted by molar-refractivity contribution is 0.118.